The molecule has 0 saturated carbocycles. The van der Waals surface area contributed by atoms with E-state index in [4.69, 9.17) is 11.6 Å². The van der Waals surface area contributed by atoms with E-state index in [1.807, 2.05) is 7.05 Å². The van der Waals surface area contributed by atoms with E-state index in [0.29, 0.717) is 50.0 Å². The zero-order valence-corrected chi connectivity index (χ0v) is 17.0. The van der Waals surface area contributed by atoms with Gasteiger partial charge in [-0.05, 0) is 23.9 Å². The Morgan fingerprint density at radius 2 is 2.20 bits per heavy atom. The highest BCUT2D eigenvalue weighted by atomic mass is 35.5. The summed E-state index contributed by atoms with van der Waals surface area (Å²) in [5.74, 6) is -0.139. The maximum Gasteiger partial charge on any atom is 0.212 e. The van der Waals surface area contributed by atoms with Crippen LogP contribution in [-0.2, 0) is 11.8 Å². The average molecular weight is 442 g/mol. The lowest BCUT2D eigenvalue weighted by atomic mass is 10.0. The van der Waals surface area contributed by atoms with Crippen molar-refractivity contribution in [2.45, 2.75) is 10.1 Å². The van der Waals surface area contributed by atoms with Crippen LogP contribution in [0.3, 0.4) is 0 Å². The lowest BCUT2D eigenvalue weighted by Crippen LogP contribution is -1.95. The fourth-order valence-corrected chi connectivity index (χ4v) is 4.59. The molecule has 0 aliphatic heterocycles. The van der Waals surface area contributed by atoms with Gasteiger partial charge in [0.1, 0.15) is 5.65 Å². The van der Waals surface area contributed by atoms with Crippen LogP contribution in [-0.4, -0.2) is 35.5 Å². The van der Waals surface area contributed by atoms with Gasteiger partial charge in [0.05, 0.1) is 27.8 Å². The summed E-state index contributed by atoms with van der Waals surface area (Å²) in [5, 5.41) is 10.8. The molecular weight excluding hydrogens is 429 g/mol. The van der Waals surface area contributed by atoms with Crippen LogP contribution in [0.25, 0.3) is 27.7 Å². The van der Waals surface area contributed by atoms with E-state index in [2.05, 4.69) is 25.5 Å². The van der Waals surface area contributed by atoms with Crippen molar-refractivity contribution in [2.24, 2.45) is 7.05 Å². The number of fused-ring (bicyclic) bond motifs is 2. The monoisotopic (exact) mass is 441 g/mol. The predicted octanol–water partition coefficient (Wildman–Crippen LogP) is 4.12. The Morgan fingerprint density at radius 3 is 2.97 bits per heavy atom. The number of hydrogen-bond acceptors (Lipinski definition) is 5. The molecule has 5 aromatic rings. The maximum atomic E-state index is 15.4. The van der Waals surface area contributed by atoms with Crippen molar-refractivity contribution in [3.8, 4) is 11.1 Å². The second-order valence-corrected chi connectivity index (χ2v) is 7.84. The topological polar surface area (TPSA) is 92.9 Å². The third kappa shape index (κ3) is 2.92. The zero-order valence-electron chi connectivity index (χ0n) is 15.4. The quantitative estimate of drug-likeness (QED) is 0.400. The molecule has 0 aliphatic rings. The summed E-state index contributed by atoms with van der Waals surface area (Å²) in [6, 6.07) is 3.56. The molecule has 0 fully saturated rings. The van der Waals surface area contributed by atoms with Gasteiger partial charge in [-0.25, -0.2) is 14.4 Å². The first-order chi connectivity index (χ1) is 14.6. The number of halogens is 2. The molecule has 4 heterocycles. The smallest absolute Gasteiger partial charge is 0.212 e. The van der Waals surface area contributed by atoms with Crippen LogP contribution in [0.5, 0.6) is 0 Å². The van der Waals surface area contributed by atoms with Gasteiger partial charge in [0.2, 0.25) is 6.41 Å². The van der Waals surface area contributed by atoms with Crippen LogP contribution in [0.2, 0.25) is 5.02 Å². The molecule has 0 spiro atoms. The molecular formula is C19H13ClFN7OS. The minimum atomic E-state index is -0.551. The Kier molecular flexibility index (Phi) is 4.44. The number of hydrogen-bond donors (Lipinski definition) is 2. The Bertz CT molecular complexity index is 1420. The number of amides is 1. The van der Waals surface area contributed by atoms with Crippen LogP contribution in [0.4, 0.5) is 10.2 Å². The highest BCUT2D eigenvalue weighted by Gasteiger charge is 2.23. The van der Waals surface area contributed by atoms with Crippen LogP contribution in [0.15, 0.2) is 53.2 Å². The molecule has 0 bridgehead atoms. The van der Waals surface area contributed by atoms with Crippen molar-refractivity contribution in [3.05, 3.63) is 54.0 Å². The summed E-state index contributed by atoms with van der Waals surface area (Å²) in [5.41, 5.74) is 2.36. The second kappa shape index (κ2) is 7.15. The lowest BCUT2D eigenvalue weighted by molar-refractivity contribution is -0.105. The molecule has 1 amide bonds. The first-order valence-corrected chi connectivity index (χ1v) is 9.94. The van der Waals surface area contributed by atoms with E-state index in [9.17, 15) is 4.79 Å². The van der Waals surface area contributed by atoms with Crippen molar-refractivity contribution < 1.29 is 9.18 Å². The third-order valence-corrected chi connectivity index (χ3v) is 6.18. The minimum Gasteiger partial charge on any atom is -0.329 e. The number of anilines is 1. The number of carbonyl (C=O) groups excluding carboxylic acids is 1. The Hall–Kier alpha value is -3.37. The molecule has 0 radical (unpaired) electrons. The number of aromatic nitrogens is 6. The fourth-order valence-electron chi connectivity index (χ4n) is 3.28. The highest BCUT2D eigenvalue weighted by Crippen LogP contribution is 2.43. The number of nitrogens with zero attached hydrogens (tertiary/aromatic N) is 5. The van der Waals surface area contributed by atoms with Gasteiger partial charge in [0, 0.05) is 42.2 Å². The molecule has 5 rings (SSSR count). The average Bonchev–Trinajstić information content (AvgIpc) is 3.45. The van der Waals surface area contributed by atoms with Gasteiger partial charge >= 0.3 is 0 Å². The molecule has 11 heteroatoms. The Balaban J connectivity index is 1.69. The van der Waals surface area contributed by atoms with Crippen molar-refractivity contribution >= 4 is 52.1 Å². The normalized spacial score (nSPS) is 11.4. The number of aryl methyl sites for hydroxylation is 1. The van der Waals surface area contributed by atoms with E-state index in [-0.39, 0.29) is 5.02 Å². The van der Waals surface area contributed by atoms with E-state index in [1.54, 1.807) is 52.1 Å². The summed E-state index contributed by atoms with van der Waals surface area (Å²) < 4.78 is 18.9. The standard InChI is InChI=1S/C19H13ClFN7OS/c1-27-5-4-22-19(27)30-18-16(21)15(20)14(11-6-24-26-17(11)18)10-2-3-13-25-12(23-9-29)8-28(13)7-10/h2-9H,1H3,(H,23,29)(H,24,26). The summed E-state index contributed by atoms with van der Waals surface area (Å²) in [6.45, 7) is 0. The fraction of sp³-hybridized carbons (Fsp3) is 0.0526. The van der Waals surface area contributed by atoms with E-state index < -0.39 is 5.82 Å². The van der Waals surface area contributed by atoms with E-state index in [1.165, 1.54) is 11.8 Å². The minimum absolute atomic E-state index is 0.00804. The van der Waals surface area contributed by atoms with Gasteiger partial charge in [-0.2, -0.15) is 5.10 Å². The van der Waals surface area contributed by atoms with Crippen molar-refractivity contribution in [3.63, 3.8) is 0 Å². The largest absolute Gasteiger partial charge is 0.329 e. The predicted molar refractivity (Wildman–Crippen MR) is 112 cm³/mol. The second-order valence-electron chi connectivity index (χ2n) is 6.49. The van der Waals surface area contributed by atoms with Crippen molar-refractivity contribution in [1.29, 1.82) is 0 Å². The van der Waals surface area contributed by atoms with E-state index in [0.717, 1.165) is 0 Å². The van der Waals surface area contributed by atoms with Crippen LogP contribution in [0.1, 0.15) is 0 Å². The number of nitrogens with one attached hydrogen (secondary N) is 2. The van der Waals surface area contributed by atoms with Crippen LogP contribution < -0.4 is 5.32 Å². The van der Waals surface area contributed by atoms with Gasteiger partial charge in [-0.15, -0.1) is 0 Å². The third-order valence-electron chi connectivity index (χ3n) is 4.66. The van der Waals surface area contributed by atoms with Gasteiger partial charge < -0.3 is 14.3 Å². The Morgan fingerprint density at radius 1 is 1.33 bits per heavy atom. The molecule has 150 valence electrons. The molecule has 0 saturated heterocycles. The first kappa shape index (κ1) is 18.6. The number of H-pyrrole nitrogens is 1. The molecule has 8 nitrogen and oxygen atoms in total. The summed E-state index contributed by atoms with van der Waals surface area (Å²) in [4.78, 5) is 19.5. The maximum absolute atomic E-state index is 15.4. The van der Waals surface area contributed by atoms with Crippen molar-refractivity contribution in [1.82, 2.24) is 29.1 Å². The van der Waals surface area contributed by atoms with Gasteiger partial charge in [-0.3, -0.25) is 9.89 Å². The van der Waals surface area contributed by atoms with Gasteiger partial charge in [-0.1, -0.05) is 11.6 Å². The van der Waals surface area contributed by atoms with Crippen LogP contribution >= 0.6 is 23.4 Å². The number of imidazole rings is 2. The summed E-state index contributed by atoms with van der Waals surface area (Å²) in [7, 11) is 1.83. The first-order valence-electron chi connectivity index (χ1n) is 8.75. The number of pyridine rings is 1. The van der Waals surface area contributed by atoms with E-state index >= 15 is 4.39 Å². The molecule has 2 N–H and O–H groups in total. The molecule has 0 unspecified atom stereocenters. The number of benzene rings is 1. The summed E-state index contributed by atoms with van der Waals surface area (Å²) in [6.07, 6.45) is 9.05. The summed E-state index contributed by atoms with van der Waals surface area (Å²) >= 11 is 7.69. The SMILES string of the molecule is Cn1ccnc1Sc1c(F)c(Cl)c(-c2ccc3nc(NC=O)cn3c2)c2cn[nH]c12. The highest BCUT2D eigenvalue weighted by molar-refractivity contribution is 7.99. The lowest BCUT2D eigenvalue weighted by Gasteiger charge is -2.12. The number of aromatic amines is 1. The van der Waals surface area contributed by atoms with Crippen molar-refractivity contribution in [2.75, 3.05) is 5.32 Å². The molecule has 0 atom stereocenters. The molecule has 4 aromatic heterocycles. The molecule has 30 heavy (non-hydrogen) atoms. The number of carbonyl (C=O) groups is 1. The van der Waals surface area contributed by atoms with Gasteiger partial charge in [0.25, 0.3) is 0 Å². The zero-order chi connectivity index (χ0) is 20.8. The molecule has 0 aliphatic carbocycles. The number of rotatable bonds is 5. The van der Waals surface area contributed by atoms with Gasteiger partial charge in [0.15, 0.2) is 16.8 Å². The van der Waals surface area contributed by atoms with Crippen LogP contribution in [0, 0.1) is 5.82 Å². The molecule has 1 aromatic carbocycles. The Labute approximate surface area is 178 Å².